The molecule has 0 saturated carbocycles. The van der Waals surface area contributed by atoms with Crippen LogP contribution in [0.4, 0.5) is 4.39 Å². The maximum atomic E-state index is 13.2. The topological polar surface area (TPSA) is 35.5 Å². The third kappa shape index (κ3) is 2.76. The zero-order valence-corrected chi connectivity index (χ0v) is 10.1. The van der Waals surface area contributed by atoms with Gasteiger partial charge in [0.2, 0.25) is 0 Å². The normalized spacial score (nSPS) is 19.2. The molecule has 1 heterocycles. The van der Waals surface area contributed by atoms with Crippen LogP contribution in [0.3, 0.4) is 0 Å². The van der Waals surface area contributed by atoms with E-state index in [-0.39, 0.29) is 11.8 Å². The number of nitrogens with zero attached hydrogens (tertiary/aromatic N) is 1. The Kier molecular flexibility index (Phi) is 3.97. The lowest BCUT2D eigenvalue weighted by molar-refractivity contribution is 0.145. The van der Waals surface area contributed by atoms with E-state index in [9.17, 15) is 9.50 Å². The highest BCUT2D eigenvalue weighted by Gasteiger charge is 2.24. The van der Waals surface area contributed by atoms with Crippen molar-refractivity contribution in [1.29, 1.82) is 0 Å². The van der Waals surface area contributed by atoms with Crippen molar-refractivity contribution in [3.8, 4) is 5.75 Å². The zero-order valence-electron chi connectivity index (χ0n) is 10.1. The molecule has 0 unspecified atom stereocenters. The second-order valence-corrected chi connectivity index (χ2v) is 4.52. The van der Waals surface area contributed by atoms with Gasteiger partial charge in [-0.3, -0.25) is 4.90 Å². The molecule has 2 N–H and O–H groups in total. The molecule has 1 saturated heterocycles. The summed E-state index contributed by atoms with van der Waals surface area (Å²) in [7, 11) is 0. The number of halogens is 1. The molecule has 2 rings (SSSR count). The van der Waals surface area contributed by atoms with Crippen LogP contribution in [0.2, 0.25) is 0 Å². The van der Waals surface area contributed by atoms with E-state index in [1.54, 1.807) is 6.07 Å². The Morgan fingerprint density at radius 3 is 2.71 bits per heavy atom. The fourth-order valence-electron chi connectivity index (χ4n) is 2.31. The predicted molar refractivity (Wildman–Crippen MR) is 66.0 cm³/mol. The van der Waals surface area contributed by atoms with Gasteiger partial charge in [-0.05, 0) is 18.6 Å². The highest BCUT2D eigenvalue weighted by atomic mass is 19.1. The first-order chi connectivity index (χ1) is 8.22. The molecule has 1 fully saturated rings. The predicted octanol–water partition coefficient (Wildman–Crippen LogP) is 1.62. The van der Waals surface area contributed by atoms with E-state index < -0.39 is 6.67 Å². The van der Waals surface area contributed by atoms with Crippen molar-refractivity contribution in [3.05, 3.63) is 29.3 Å². The maximum Gasteiger partial charge on any atom is 0.120 e. The van der Waals surface area contributed by atoms with E-state index in [4.69, 9.17) is 0 Å². The van der Waals surface area contributed by atoms with Crippen molar-refractivity contribution in [3.63, 3.8) is 0 Å². The number of aryl methyl sites for hydroxylation is 1. The van der Waals surface area contributed by atoms with E-state index in [0.717, 1.165) is 31.7 Å². The molecule has 1 aliphatic rings. The summed E-state index contributed by atoms with van der Waals surface area (Å²) in [6.07, 6.45) is 0. The lowest BCUT2D eigenvalue weighted by atomic mass is 10.0. The summed E-state index contributed by atoms with van der Waals surface area (Å²) < 4.78 is 13.2. The molecule has 1 aromatic rings. The Hall–Kier alpha value is -1.13. The summed E-state index contributed by atoms with van der Waals surface area (Å²) in [5.41, 5.74) is 1.68. The lowest BCUT2D eigenvalue weighted by Gasteiger charge is -2.33. The Labute approximate surface area is 101 Å². The van der Waals surface area contributed by atoms with Crippen LogP contribution in [0.25, 0.3) is 0 Å². The molecule has 0 aromatic heterocycles. The Morgan fingerprint density at radius 2 is 2.12 bits per heavy atom. The van der Waals surface area contributed by atoms with Crippen LogP contribution < -0.4 is 5.32 Å². The van der Waals surface area contributed by atoms with Gasteiger partial charge in [-0.1, -0.05) is 12.1 Å². The Balaban J connectivity index is 2.21. The number of rotatable bonds is 3. The number of hydrogen-bond acceptors (Lipinski definition) is 3. The van der Waals surface area contributed by atoms with E-state index in [1.165, 1.54) is 0 Å². The molecule has 0 aliphatic carbocycles. The van der Waals surface area contributed by atoms with Gasteiger partial charge >= 0.3 is 0 Å². The fourth-order valence-corrected chi connectivity index (χ4v) is 2.31. The lowest BCUT2D eigenvalue weighted by Crippen LogP contribution is -2.45. The molecule has 0 amide bonds. The van der Waals surface area contributed by atoms with Crippen molar-refractivity contribution >= 4 is 0 Å². The number of phenolic OH excluding ortho intramolecular Hbond substituents is 1. The van der Waals surface area contributed by atoms with E-state index in [1.807, 2.05) is 19.1 Å². The average Bonchev–Trinajstić information content (AvgIpc) is 2.34. The Bertz CT molecular complexity index is 378. The number of nitrogens with one attached hydrogen (secondary N) is 1. The second-order valence-electron chi connectivity index (χ2n) is 4.52. The third-order valence-corrected chi connectivity index (χ3v) is 3.28. The van der Waals surface area contributed by atoms with Gasteiger partial charge in [0.15, 0.2) is 0 Å². The molecule has 0 radical (unpaired) electrons. The van der Waals surface area contributed by atoms with Crippen LogP contribution in [0.5, 0.6) is 5.75 Å². The van der Waals surface area contributed by atoms with Crippen LogP contribution in [0.1, 0.15) is 17.2 Å². The quantitative estimate of drug-likeness (QED) is 0.840. The summed E-state index contributed by atoms with van der Waals surface area (Å²) in [4.78, 5) is 2.08. The van der Waals surface area contributed by atoms with Gasteiger partial charge in [0, 0.05) is 31.7 Å². The molecule has 1 aliphatic heterocycles. The first-order valence-electron chi connectivity index (χ1n) is 6.02. The van der Waals surface area contributed by atoms with Crippen LogP contribution in [0.15, 0.2) is 18.2 Å². The van der Waals surface area contributed by atoms with Crippen LogP contribution in [-0.4, -0.2) is 42.9 Å². The van der Waals surface area contributed by atoms with Gasteiger partial charge < -0.3 is 10.4 Å². The van der Waals surface area contributed by atoms with Crippen LogP contribution in [-0.2, 0) is 0 Å². The van der Waals surface area contributed by atoms with Crippen molar-refractivity contribution in [1.82, 2.24) is 10.2 Å². The minimum Gasteiger partial charge on any atom is -0.508 e. The molecule has 4 heteroatoms. The van der Waals surface area contributed by atoms with E-state index >= 15 is 0 Å². The number of alkyl halides is 1. The number of hydrogen-bond donors (Lipinski definition) is 2. The van der Waals surface area contributed by atoms with Gasteiger partial charge in [-0.15, -0.1) is 0 Å². The highest BCUT2D eigenvalue weighted by Crippen LogP contribution is 2.30. The molecule has 17 heavy (non-hydrogen) atoms. The van der Waals surface area contributed by atoms with Gasteiger partial charge in [-0.25, -0.2) is 4.39 Å². The van der Waals surface area contributed by atoms with Gasteiger partial charge in [-0.2, -0.15) is 0 Å². The minimum atomic E-state index is -0.462. The summed E-state index contributed by atoms with van der Waals surface area (Å²) in [5, 5.41) is 13.2. The number of benzene rings is 1. The first kappa shape index (κ1) is 12.3. The van der Waals surface area contributed by atoms with Gasteiger partial charge in [0.05, 0.1) is 6.04 Å². The van der Waals surface area contributed by atoms with Crippen molar-refractivity contribution in [2.75, 3.05) is 32.9 Å². The summed E-state index contributed by atoms with van der Waals surface area (Å²) in [6, 6.07) is 5.12. The number of aromatic hydroxyl groups is 1. The van der Waals surface area contributed by atoms with E-state index in [0.29, 0.717) is 5.56 Å². The molecule has 3 nitrogen and oxygen atoms in total. The summed E-state index contributed by atoms with van der Waals surface area (Å²) in [6.45, 7) is 4.85. The summed E-state index contributed by atoms with van der Waals surface area (Å²) in [5.74, 6) is 0.200. The van der Waals surface area contributed by atoms with Gasteiger partial charge in [0.1, 0.15) is 12.4 Å². The third-order valence-electron chi connectivity index (χ3n) is 3.28. The van der Waals surface area contributed by atoms with Gasteiger partial charge in [0.25, 0.3) is 0 Å². The van der Waals surface area contributed by atoms with E-state index in [2.05, 4.69) is 10.2 Å². The van der Waals surface area contributed by atoms with Crippen molar-refractivity contribution < 1.29 is 9.50 Å². The largest absolute Gasteiger partial charge is 0.508 e. The minimum absolute atomic E-state index is 0.200. The molecule has 1 atom stereocenters. The fraction of sp³-hybridized carbons (Fsp3) is 0.538. The zero-order chi connectivity index (χ0) is 12.3. The van der Waals surface area contributed by atoms with Crippen LogP contribution in [0, 0.1) is 6.92 Å². The molecule has 0 spiro atoms. The SMILES string of the molecule is Cc1ccc([C@@H](CF)N2CCNCC2)c(O)c1. The number of piperazine rings is 1. The van der Waals surface area contributed by atoms with Crippen LogP contribution >= 0.6 is 0 Å². The highest BCUT2D eigenvalue weighted by molar-refractivity contribution is 5.38. The first-order valence-corrected chi connectivity index (χ1v) is 6.02. The monoisotopic (exact) mass is 238 g/mol. The molecular weight excluding hydrogens is 219 g/mol. The molecular formula is C13H19FN2O. The molecule has 94 valence electrons. The van der Waals surface area contributed by atoms with Crippen molar-refractivity contribution in [2.24, 2.45) is 0 Å². The second kappa shape index (κ2) is 5.47. The maximum absolute atomic E-state index is 13.2. The standard InChI is InChI=1S/C13H19FN2O/c1-10-2-3-11(13(17)8-10)12(9-14)16-6-4-15-5-7-16/h2-3,8,12,15,17H,4-7,9H2,1H3/t12-/m1/s1. The summed E-state index contributed by atoms with van der Waals surface area (Å²) >= 11 is 0. The van der Waals surface area contributed by atoms with Crippen molar-refractivity contribution in [2.45, 2.75) is 13.0 Å². The number of phenols is 1. The average molecular weight is 238 g/mol. The Morgan fingerprint density at radius 1 is 1.41 bits per heavy atom. The smallest absolute Gasteiger partial charge is 0.120 e. The molecule has 1 aromatic carbocycles. The molecule has 0 bridgehead atoms.